The van der Waals surface area contributed by atoms with Crippen LogP contribution in [-0.4, -0.2) is 17.1 Å². The molecule has 1 aromatic heterocycles. The van der Waals surface area contributed by atoms with E-state index in [2.05, 4.69) is 4.85 Å². The van der Waals surface area contributed by atoms with Gasteiger partial charge >= 0.3 is 5.97 Å². The van der Waals surface area contributed by atoms with Gasteiger partial charge in [0.1, 0.15) is 6.54 Å². The number of hydrogen-bond acceptors (Lipinski definition) is 2. The lowest BCUT2D eigenvalue weighted by atomic mass is 10.2. The first-order chi connectivity index (χ1) is 8.24. The van der Waals surface area contributed by atoms with Crippen molar-refractivity contribution in [3.63, 3.8) is 0 Å². The fourth-order valence-electron chi connectivity index (χ4n) is 1.74. The van der Waals surface area contributed by atoms with Gasteiger partial charge in [-0.05, 0) is 30.5 Å². The van der Waals surface area contributed by atoms with Gasteiger partial charge in [-0.1, -0.05) is 6.07 Å². The third-order valence-electron chi connectivity index (χ3n) is 2.49. The first-order valence-electron chi connectivity index (χ1n) is 5.36. The first-order valence-corrected chi connectivity index (χ1v) is 5.36. The number of ether oxygens (including phenoxy) is 1. The van der Waals surface area contributed by atoms with E-state index in [4.69, 9.17) is 11.3 Å². The Hall–Kier alpha value is -2.28. The van der Waals surface area contributed by atoms with Crippen molar-refractivity contribution in [1.82, 2.24) is 4.57 Å². The van der Waals surface area contributed by atoms with E-state index in [1.807, 2.05) is 29.0 Å². The highest BCUT2D eigenvalue weighted by Gasteiger charge is 2.06. The average molecular weight is 228 g/mol. The largest absolute Gasteiger partial charge is 0.465 e. The summed E-state index contributed by atoms with van der Waals surface area (Å²) in [6.07, 6.45) is 1.83. The Morgan fingerprint density at radius 2 is 2.29 bits per heavy atom. The number of hydrogen-bond donors (Lipinski definition) is 0. The highest BCUT2D eigenvalue weighted by Crippen LogP contribution is 2.22. The van der Waals surface area contributed by atoms with E-state index >= 15 is 0 Å². The molecule has 1 aromatic carbocycles. The summed E-state index contributed by atoms with van der Waals surface area (Å²) in [4.78, 5) is 14.8. The molecule has 0 unspecified atom stereocenters. The van der Waals surface area contributed by atoms with E-state index < -0.39 is 0 Å². The van der Waals surface area contributed by atoms with Gasteiger partial charge in [0, 0.05) is 11.7 Å². The van der Waals surface area contributed by atoms with Crippen LogP contribution >= 0.6 is 0 Å². The Kier molecular flexibility index (Phi) is 3.10. The molecule has 0 spiro atoms. The zero-order valence-electron chi connectivity index (χ0n) is 9.51. The Labute approximate surface area is 99.2 Å². The molecule has 17 heavy (non-hydrogen) atoms. The predicted octanol–water partition coefficient (Wildman–Crippen LogP) is 2.76. The summed E-state index contributed by atoms with van der Waals surface area (Å²) in [5, 5.41) is 0.961. The van der Waals surface area contributed by atoms with E-state index in [1.54, 1.807) is 13.0 Å². The van der Waals surface area contributed by atoms with Gasteiger partial charge in [-0.15, -0.1) is 0 Å². The fourth-order valence-corrected chi connectivity index (χ4v) is 1.74. The summed E-state index contributed by atoms with van der Waals surface area (Å²) in [5.41, 5.74) is 1.54. The average Bonchev–Trinajstić information content (AvgIpc) is 2.72. The monoisotopic (exact) mass is 228 g/mol. The number of carbonyl (C=O) groups excluding carboxylic acids is 1. The van der Waals surface area contributed by atoms with E-state index in [0.717, 1.165) is 10.9 Å². The quantitative estimate of drug-likeness (QED) is 0.598. The van der Waals surface area contributed by atoms with E-state index in [0.29, 0.717) is 12.3 Å². The van der Waals surface area contributed by atoms with Crippen LogP contribution < -0.4 is 0 Å². The Balaban J connectivity index is 2.31. The van der Waals surface area contributed by atoms with Crippen molar-refractivity contribution in [3.8, 4) is 0 Å². The topological polar surface area (TPSA) is 35.6 Å². The molecule has 0 saturated carbocycles. The molecule has 0 aliphatic carbocycles. The Bertz CT molecular complexity index is 593. The summed E-state index contributed by atoms with van der Waals surface area (Å²) in [6, 6.07) is 7.30. The Morgan fingerprint density at radius 1 is 1.47 bits per heavy atom. The maximum absolute atomic E-state index is 11.4. The fraction of sp³-hybridized carbons (Fsp3) is 0.231. The summed E-state index contributed by atoms with van der Waals surface area (Å²) < 4.78 is 6.72. The predicted molar refractivity (Wildman–Crippen MR) is 64.8 cm³/mol. The lowest BCUT2D eigenvalue weighted by Crippen LogP contribution is -2.12. The van der Waals surface area contributed by atoms with E-state index in [1.165, 1.54) is 0 Å². The second-order valence-corrected chi connectivity index (χ2v) is 3.60. The van der Waals surface area contributed by atoms with Crippen LogP contribution in [0, 0.1) is 6.57 Å². The van der Waals surface area contributed by atoms with Crippen molar-refractivity contribution in [2.45, 2.75) is 13.5 Å². The lowest BCUT2D eigenvalue weighted by Gasteiger charge is -2.04. The molecule has 2 rings (SSSR count). The molecular weight excluding hydrogens is 216 g/mol. The highest BCUT2D eigenvalue weighted by molar-refractivity contribution is 5.85. The number of nitrogens with zero attached hydrogens (tertiary/aromatic N) is 2. The molecular formula is C13H12N2O2. The van der Waals surface area contributed by atoms with Crippen molar-refractivity contribution in [2.75, 3.05) is 6.61 Å². The maximum Gasteiger partial charge on any atom is 0.325 e. The zero-order valence-corrected chi connectivity index (χ0v) is 9.51. The minimum absolute atomic E-state index is 0.203. The number of rotatable bonds is 3. The van der Waals surface area contributed by atoms with Gasteiger partial charge in [-0.25, -0.2) is 4.85 Å². The molecule has 0 atom stereocenters. The SMILES string of the molecule is [C-]#[N+]c1ccc2c(ccn2CC(=O)OCC)c1. The van der Waals surface area contributed by atoms with Crippen LogP contribution in [0.5, 0.6) is 0 Å². The second-order valence-electron chi connectivity index (χ2n) is 3.60. The highest BCUT2D eigenvalue weighted by atomic mass is 16.5. The van der Waals surface area contributed by atoms with Gasteiger partial charge in [-0.3, -0.25) is 4.79 Å². The van der Waals surface area contributed by atoms with Crippen molar-refractivity contribution in [1.29, 1.82) is 0 Å². The number of benzene rings is 1. The third-order valence-corrected chi connectivity index (χ3v) is 2.49. The van der Waals surface area contributed by atoms with Crippen LogP contribution in [0.2, 0.25) is 0 Å². The number of carbonyl (C=O) groups is 1. The van der Waals surface area contributed by atoms with Crippen LogP contribution in [-0.2, 0) is 16.1 Å². The summed E-state index contributed by atoms with van der Waals surface area (Å²) in [5.74, 6) is -0.251. The maximum atomic E-state index is 11.4. The molecule has 0 bridgehead atoms. The van der Waals surface area contributed by atoms with E-state index in [9.17, 15) is 4.79 Å². The number of esters is 1. The van der Waals surface area contributed by atoms with Gasteiger partial charge in [0.05, 0.1) is 13.2 Å². The molecule has 0 fully saturated rings. The molecule has 0 radical (unpaired) electrons. The van der Waals surface area contributed by atoms with Crippen molar-refractivity contribution < 1.29 is 9.53 Å². The molecule has 4 nitrogen and oxygen atoms in total. The molecule has 0 N–H and O–H groups in total. The minimum atomic E-state index is -0.251. The summed E-state index contributed by atoms with van der Waals surface area (Å²) in [7, 11) is 0. The van der Waals surface area contributed by atoms with Gasteiger partial charge < -0.3 is 9.30 Å². The van der Waals surface area contributed by atoms with Crippen LogP contribution in [0.1, 0.15) is 6.92 Å². The normalized spacial score (nSPS) is 10.1. The number of aromatic nitrogens is 1. The molecule has 0 saturated heterocycles. The molecule has 0 aliphatic rings. The van der Waals surface area contributed by atoms with Gasteiger partial charge in [0.15, 0.2) is 5.69 Å². The standard InChI is InChI=1S/C13H12N2O2/c1-3-17-13(16)9-15-7-6-10-8-11(14-2)4-5-12(10)15/h4-8H,3,9H2,1H3. The summed E-state index contributed by atoms with van der Waals surface area (Å²) in [6.45, 7) is 9.31. The van der Waals surface area contributed by atoms with Crippen molar-refractivity contribution in [2.24, 2.45) is 0 Å². The first kappa shape index (κ1) is 11.2. The molecule has 1 heterocycles. The van der Waals surface area contributed by atoms with E-state index in [-0.39, 0.29) is 12.5 Å². The van der Waals surface area contributed by atoms with Crippen molar-refractivity contribution >= 4 is 22.6 Å². The molecule has 2 aromatic rings. The summed E-state index contributed by atoms with van der Waals surface area (Å²) >= 11 is 0. The van der Waals surface area contributed by atoms with Crippen LogP contribution in [0.3, 0.4) is 0 Å². The van der Waals surface area contributed by atoms with Crippen molar-refractivity contribution in [3.05, 3.63) is 41.9 Å². The molecule has 0 aliphatic heterocycles. The number of fused-ring (bicyclic) bond motifs is 1. The van der Waals surface area contributed by atoms with Gasteiger partial charge in [0.2, 0.25) is 0 Å². The second kappa shape index (κ2) is 4.71. The van der Waals surface area contributed by atoms with Crippen LogP contribution in [0.4, 0.5) is 5.69 Å². The molecule has 86 valence electrons. The zero-order chi connectivity index (χ0) is 12.3. The Morgan fingerprint density at radius 3 is 3.00 bits per heavy atom. The smallest absolute Gasteiger partial charge is 0.325 e. The van der Waals surface area contributed by atoms with Crippen LogP contribution in [0.15, 0.2) is 30.5 Å². The third kappa shape index (κ3) is 2.28. The van der Waals surface area contributed by atoms with Crippen LogP contribution in [0.25, 0.3) is 15.7 Å². The molecule has 4 heteroatoms. The van der Waals surface area contributed by atoms with Gasteiger partial charge in [-0.2, -0.15) is 0 Å². The molecule has 0 amide bonds. The van der Waals surface area contributed by atoms with Gasteiger partial charge in [0.25, 0.3) is 0 Å². The lowest BCUT2D eigenvalue weighted by molar-refractivity contribution is -0.143. The minimum Gasteiger partial charge on any atom is -0.465 e.